The fourth-order valence-electron chi connectivity index (χ4n) is 4.12. The number of piperidine rings is 1. The van der Waals surface area contributed by atoms with E-state index in [4.69, 9.17) is 0 Å². The van der Waals surface area contributed by atoms with Gasteiger partial charge >= 0.3 is 12.3 Å². The number of amides is 4. The SMILES string of the molecule is O=C1CCC(N2Cc3cc(CNC(=O)C(F)(F)c4ccc(I)cc4OC(F)(F)F)ccc3C2=O)C(=O)N1. The van der Waals surface area contributed by atoms with E-state index in [2.05, 4.69) is 10.1 Å². The van der Waals surface area contributed by atoms with E-state index in [1.807, 2.05) is 5.32 Å². The number of halogens is 6. The average molecular weight is 637 g/mol. The second-order valence-electron chi connectivity index (χ2n) is 8.34. The molecule has 4 rings (SSSR count). The number of carbonyl (C=O) groups is 4. The van der Waals surface area contributed by atoms with Crippen LogP contribution in [0.25, 0.3) is 0 Å². The molecule has 37 heavy (non-hydrogen) atoms. The highest BCUT2D eigenvalue weighted by atomic mass is 127. The topological polar surface area (TPSA) is 105 Å². The molecule has 1 unspecified atom stereocenters. The summed E-state index contributed by atoms with van der Waals surface area (Å²) in [5, 5.41) is 4.19. The Bertz CT molecular complexity index is 1300. The van der Waals surface area contributed by atoms with Crippen LogP contribution in [0.4, 0.5) is 22.0 Å². The highest BCUT2D eigenvalue weighted by Crippen LogP contribution is 2.38. The third-order valence-electron chi connectivity index (χ3n) is 5.83. The Labute approximate surface area is 219 Å². The lowest BCUT2D eigenvalue weighted by Crippen LogP contribution is -2.52. The van der Waals surface area contributed by atoms with Gasteiger partial charge in [-0.05, 0) is 64.4 Å². The van der Waals surface area contributed by atoms with Crippen molar-refractivity contribution >= 4 is 46.2 Å². The number of nitrogens with one attached hydrogen (secondary N) is 2. The number of benzene rings is 2. The molecule has 0 spiro atoms. The van der Waals surface area contributed by atoms with E-state index in [-0.39, 0.29) is 28.5 Å². The van der Waals surface area contributed by atoms with Crippen LogP contribution in [-0.4, -0.2) is 40.9 Å². The van der Waals surface area contributed by atoms with Crippen molar-refractivity contribution in [1.29, 1.82) is 0 Å². The summed E-state index contributed by atoms with van der Waals surface area (Å²) in [6, 6.07) is 6.07. The first kappa shape index (κ1) is 26.8. The Morgan fingerprint density at radius 2 is 1.84 bits per heavy atom. The number of hydrogen-bond acceptors (Lipinski definition) is 5. The summed E-state index contributed by atoms with van der Waals surface area (Å²) < 4.78 is 71.7. The lowest BCUT2D eigenvalue weighted by atomic mass is 10.0. The number of rotatable bonds is 6. The average Bonchev–Trinajstić information content (AvgIpc) is 3.11. The maximum atomic E-state index is 14.8. The van der Waals surface area contributed by atoms with Crippen LogP contribution in [0.1, 0.15) is 39.9 Å². The number of nitrogens with zero attached hydrogens (tertiary/aromatic N) is 1. The molecule has 0 aromatic heterocycles. The summed E-state index contributed by atoms with van der Waals surface area (Å²) in [5.41, 5.74) is -0.123. The molecule has 0 radical (unpaired) electrons. The van der Waals surface area contributed by atoms with Crippen LogP contribution in [0.3, 0.4) is 0 Å². The summed E-state index contributed by atoms with van der Waals surface area (Å²) >= 11 is 1.62. The van der Waals surface area contributed by atoms with E-state index in [0.29, 0.717) is 17.2 Å². The fourth-order valence-corrected chi connectivity index (χ4v) is 4.58. The molecule has 0 bridgehead atoms. The zero-order valence-corrected chi connectivity index (χ0v) is 20.8. The van der Waals surface area contributed by atoms with Gasteiger partial charge in [0.05, 0.1) is 5.56 Å². The fraction of sp³-hybridized carbons (Fsp3) is 0.304. The normalized spacial score (nSPS) is 17.9. The Balaban J connectivity index is 1.46. The maximum absolute atomic E-state index is 14.8. The molecule has 1 fully saturated rings. The van der Waals surface area contributed by atoms with Gasteiger partial charge in [0.25, 0.3) is 11.8 Å². The monoisotopic (exact) mass is 637 g/mol. The molecule has 0 saturated carbocycles. The van der Waals surface area contributed by atoms with Gasteiger partial charge < -0.3 is 15.0 Å². The molecule has 2 N–H and O–H groups in total. The Kier molecular flexibility index (Phi) is 7.14. The molecular weight excluding hydrogens is 620 g/mol. The van der Waals surface area contributed by atoms with Gasteiger partial charge in [-0.25, -0.2) is 0 Å². The Morgan fingerprint density at radius 1 is 1.11 bits per heavy atom. The van der Waals surface area contributed by atoms with E-state index in [1.165, 1.54) is 23.1 Å². The molecule has 1 saturated heterocycles. The van der Waals surface area contributed by atoms with Gasteiger partial charge in [0.1, 0.15) is 11.8 Å². The van der Waals surface area contributed by atoms with Gasteiger partial charge in [0.2, 0.25) is 11.8 Å². The Morgan fingerprint density at radius 3 is 2.51 bits per heavy atom. The number of hydrogen-bond donors (Lipinski definition) is 2. The van der Waals surface area contributed by atoms with Gasteiger partial charge in [-0.3, -0.25) is 24.5 Å². The third kappa shape index (κ3) is 5.67. The number of imide groups is 1. The van der Waals surface area contributed by atoms with Gasteiger partial charge in [-0.15, -0.1) is 13.2 Å². The van der Waals surface area contributed by atoms with Crippen LogP contribution in [0.2, 0.25) is 0 Å². The van der Waals surface area contributed by atoms with Crippen molar-refractivity contribution in [3.63, 3.8) is 0 Å². The third-order valence-corrected chi connectivity index (χ3v) is 6.50. The largest absolute Gasteiger partial charge is 0.573 e. The van der Waals surface area contributed by atoms with E-state index in [9.17, 15) is 41.1 Å². The minimum Gasteiger partial charge on any atom is -0.405 e. The van der Waals surface area contributed by atoms with Crippen molar-refractivity contribution in [2.75, 3.05) is 0 Å². The predicted molar refractivity (Wildman–Crippen MR) is 124 cm³/mol. The number of carbonyl (C=O) groups excluding carboxylic acids is 4. The van der Waals surface area contributed by atoms with Crippen LogP contribution in [-0.2, 0) is 33.4 Å². The second kappa shape index (κ2) is 9.87. The maximum Gasteiger partial charge on any atom is 0.573 e. The van der Waals surface area contributed by atoms with Crippen molar-refractivity contribution < 1.29 is 45.9 Å². The quantitative estimate of drug-likeness (QED) is 0.288. The van der Waals surface area contributed by atoms with Gasteiger partial charge in [-0.1, -0.05) is 12.1 Å². The van der Waals surface area contributed by atoms with Gasteiger partial charge in [0.15, 0.2) is 0 Å². The van der Waals surface area contributed by atoms with Crippen LogP contribution in [0, 0.1) is 3.57 Å². The minimum atomic E-state index is -5.24. The lowest BCUT2D eigenvalue weighted by Gasteiger charge is -2.29. The van der Waals surface area contributed by atoms with Crippen LogP contribution in [0.5, 0.6) is 5.75 Å². The van der Waals surface area contributed by atoms with Crippen molar-refractivity contribution in [3.05, 3.63) is 62.2 Å². The van der Waals surface area contributed by atoms with Crippen LogP contribution >= 0.6 is 22.6 Å². The van der Waals surface area contributed by atoms with Crippen LogP contribution < -0.4 is 15.4 Å². The summed E-state index contributed by atoms with van der Waals surface area (Å²) in [5.74, 6) is -8.83. The second-order valence-corrected chi connectivity index (χ2v) is 9.58. The van der Waals surface area contributed by atoms with Crippen molar-refractivity contribution in [2.45, 2.75) is 44.3 Å². The molecular formula is C23H17F5IN3O5. The number of alkyl halides is 5. The highest BCUT2D eigenvalue weighted by Gasteiger charge is 2.45. The summed E-state index contributed by atoms with van der Waals surface area (Å²) in [7, 11) is 0. The predicted octanol–water partition coefficient (Wildman–Crippen LogP) is 3.36. The van der Waals surface area contributed by atoms with Crippen molar-refractivity contribution in [2.24, 2.45) is 0 Å². The molecule has 196 valence electrons. The lowest BCUT2D eigenvalue weighted by molar-refractivity contribution is -0.275. The van der Waals surface area contributed by atoms with E-state index < -0.39 is 59.8 Å². The van der Waals surface area contributed by atoms with Gasteiger partial charge in [-0.2, -0.15) is 8.78 Å². The standard InChI is InChI=1S/C23H17F5IN3O5/c24-22(25,15-4-2-13(29)8-17(15)37-23(26,27)28)21(36)30-9-11-1-3-14-12(7-11)10-32(20(14)35)16-5-6-18(33)31-19(16)34/h1-4,7-8,16H,5-6,9-10H2,(H,30,36)(H,31,33,34). The number of fused-ring (bicyclic) bond motifs is 1. The molecule has 8 nitrogen and oxygen atoms in total. The Hall–Kier alpha value is -3.30. The van der Waals surface area contributed by atoms with E-state index in [0.717, 1.165) is 12.1 Å². The van der Waals surface area contributed by atoms with E-state index >= 15 is 0 Å². The molecule has 1 atom stereocenters. The molecule has 4 amide bonds. The first-order valence-electron chi connectivity index (χ1n) is 10.7. The molecule has 2 aliphatic rings. The van der Waals surface area contributed by atoms with E-state index in [1.54, 1.807) is 22.6 Å². The van der Waals surface area contributed by atoms with Gasteiger partial charge in [0, 0.05) is 28.6 Å². The first-order chi connectivity index (χ1) is 17.3. The summed E-state index contributed by atoms with van der Waals surface area (Å²) in [6.45, 7) is -0.368. The number of ether oxygens (including phenoxy) is 1. The molecule has 14 heteroatoms. The summed E-state index contributed by atoms with van der Waals surface area (Å²) in [6.07, 6.45) is -4.99. The zero-order valence-electron chi connectivity index (χ0n) is 18.6. The molecule has 0 aliphatic carbocycles. The molecule has 2 aromatic carbocycles. The smallest absolute Gasteiger partial charge is 0.405 e. The molecule has 2 aliphatic heterocycles. The first-order valence-corrected chi connectivity index (χ1v) is 11.8. The highest BCUT2D eigenvalue weighted by molar-refractivity contribution is 14.1. The minimum absolute atomic E-state index is 0.0409. The summed E-state index contributed by atoms with van der Waals surface area (Å²) in [4.78, 5) is 49.9. The van der Waals surface area contributed by atoms with Crippen LogP contribution in [0.15, 0.2) is 36.4 Å². The van der Waals surface area contributed by atoms with Crippen molar-refractivity contribution in [3.8, 4) is 5.75 Å². The molecule has 2 aromatic rings. The molecule has 2 heterocycles. The zero-order chi connectivity index (χ0) is 27.1. The van der Waals surface area contributed by atoms with Crippen molar-refractivity contribution in [1.82, 2.24) is 15.5 Å².